The number of hydrogen-bond acceptors (Lipinski definition) is 2. The summed E-state index contributed by atoms with van der Waals surface area (Å²) >= 11 is 0. The molecule has 0 bridgehead atoms. The molecule has 0 aliphatic heterocycles. The van der Waals surface area contributed by atoms with Gasteiger partial charge >= 0.3 is 5.95 Å². The van der Waals surface area contributed by atoms with Gasteiger partial charge in [0.25, 0.3) is 0 Å². The van der Waals surface area contributed by atoms with Gasteiger partial charge in [-0.25, -0.2) is 9.13 Å². The normalized spacial score (nSPS) is 11.1. The Kier molecular flexibility index (Phi) is 6.53. The summed E-state index contributed by atoms with van der Waals surface area (Å²) in [4.78, 5) is 0. The number of rotatable bonds is 10. The summed E-state index contributed by atoms with van der Waals surface area (Å²) in [6.07, 6.45) is 6.33. The molecular formula is C22H30N3O+. The number of nitrogens with two attached hydrogens (primary N) is 1. The van der Waals surface area contributed by atoms with Crippen molar-refractivity contribution in [1.29, 1.82) is 0 Å². The van der Waals surface area contributed by atoms with Gasteiger partial charge in [-0.2, -0.15) is 0 Å². The van der Waals surface area contributed by atoms with E-state index in [4.69, 9.17) is 10.5 Å². The lowest BCUT2D eigenvalue weighted by molar-refractivity contribution is -0.657. The summed E-state index contributed by atoms with van der Waals surface area (Å²) in [6.45, 7) is 4.56. The Bertz CT molecular complexity index is 811. The number of anilines is 1. The number of unbranched alkanes of at least 4 members (excludes halogenated alkanes) is 4. The van der Waals surface area contributed by atoms with E-state index >= 15 is 0 Å². The van der Waals surface area contributed by atoms with Crippen LogP contribution in [-0.4, -0.2) is 11.2 Å². The van der Waals surface area contributed by atoms with Crippen LogP contribution in [0.2, 0.25) is 0 Å². The van der Waals surface area contributed by atoms with Crippen molar-refractivity contribution >= 4 is 17.0 Å². The molecule has 0 aliphatic rings. The van der Waals surface area contributed by atoms with Gasteiger partial charge in [-0.3, -0.25) is 5.73 Å². The van der Waals surface area contributed by atoms with Gasteiger partial charge in [-0.1, -0.05) is 62.9 Å². The molecule has 0 saturated heterocycles. The van der Waals surface area contributed by atoms with Gasteiger partial charge in [-0.15, -0.1) is 0 Å². The van der Waals surface area contributed by atoms with Crippen LogP contribution in [0.4, 0.5) is 5.95 Å². The van der Waals surface area contributed by atoms with Gasteiger partial charge in [-0.05, 0) is 30.7 Å². The summed E-state index contributed by atoms with van der Waals surface area (Å²) in [5.74, 6) is 1.71. The number of fused-ring (bicyclic) bond motifs is 1. The van der Waals surface area contributed by atoms with Crippen LogP contribution in [0.25, 0.3) is 11.0 Å². The van der Waals surface area contributed by atoms with Crippen LogP contribution in [-0.2, 0) is 13.1 Å². The molecule has 138 valence electrons. The molecule has 26 heavy (non-hydrogen) atoms. The zero-order valence-electron chi connectivity index (χ0n) is 15.7. The van der Waals surface area contributed by atoms with Gasteiger partial charge in [0.2, 0.25) is 0 Å². The van der Waals surface area contributed by atoms with Crippen molar-refractivity contribution in [3.05, 3.63) is 54.6 Å². The summed E-state index contributed by atoms with van der Waals surface area (Å²) in [5, 5.41) is 0. The lowest BCUT2D eigenvalue weighted by Gasteiger charge is -2.06. The number of nitrogen functional groups attached to an aromatic ring is 1. The minimum atomic E-state index is 0.601. The summed E-state index contributed by atoms with van der Waals surface area (Å²) in [5.41, 5.74) is 8.89. The van der Waals surface area contributed by atoms with Crippen molar-refractivity contribution < 1.29 is 9.30 Å². The molecule has 0 fully saturated rings. The monoisotopic (exact) mass is 352 g/mol. The number of nitrogens with zero attached hydrogens (tertiary/aromatic N) is 2. The Hall–Kier alpha value is -2.49. The van der Waals surface area contributed by atoms with E-state index in [0.717, 1.165) is 24.8 Å². The zero-order chi connectivity index (χ0) is 18.2. The molecule has 0 aliphatic carbocycles. The molecular weight excluding hydrogens is 322 g/mol. The highest BCUT2D eigenvalue weighted by Gasteiger charge is 2.20. The molecule has 1 heterocycles. The number of imidazole rings is 1. The number of ether oxygens (including phenoxy) is 1. The highest BCUT2D eigenvalue weighted by Crippen LogP contribution is 2.17. The third kappa shape index (κ3) is 4.37. The van der Waals surface area contributed by atoms with E-state index in [9.17, 15) is 0 Å². The van der Waals surface area contributed by atoms with Crippen LogP contribution in [0.1, 0.15) is 39.0 Å². The van der Waals surface area contributed by atoms with Crippen molar-refractivity contribution in [2.75, 3.05) is 12.3 Å². The van der Waals surface area contributed by atoms with Gasteiger partial charge < -0.3 is 4.74 Å². The summed E-state index contributed by atoms with van der Waals surface area (Å²) in [6, 6.07) is 18.4. The van der Waals surface area contributed by atoms with Gasteiger partial charge in [0.15, 0.2) is 0 Å². The maximum atomic E-state index is 6.51. The maximum Gasteiger partial charge on any atom is 0.356 e. The van der Waals surface area contributed by atoms with Crippen molar-refractivity contribution in [2.24, 2.45) is 0 Å². The first-order valence-electron chi connectivity index (χ1n) is 9.75. The average Bonchev–Trinajstić information content (AvgIpc) is 2.94. The largest absolute Gasteiger partial charge is 0.490 e. The smallest absolute Gasteiger partial charge is 0.356 e. The fourth-order valence-corrected chi connectivity index (χ4v) is 3.43. The van der Waals surface area contributed by atoms with E-state index in [1.54, 1.807) is 0 Å². The van der Waals surface area contributed by atoms with Gasteiger partial charge in [0.1, 0.15) is 29.9 Å². The molecule has 2 N–H and O–H groups in total. The minimum absolute atomic E-state index is 0.601. The van der Waals surface area contributed by atoms with E-state index < -0.39 is 0 Å². The number of hydrogen-bond donors (Lipinski definition) is 1. The van der Waals surface area contributed by atoms with E-state index in [0.29, 0.717) is 6.61 Å². The van der Waals surface area contributed by atoms with E-state index in [-0.39, 0.29) is 0 Å². The van der Waals surface area contributed by atoms with Crippen molar-refractivity contribution in [3.8, 4) is 5.75 Å². The van der Waals surface area contributed by atoms with Gasteiger partial charge in [0, 0.05) is 0 Å². The Morgan fingerprint density at radius 2 is 1.65 bits per heavy atom. The Morgan fingerprint density at radius 1 is 0.923 bits per heavy atom. The molecule has 0 radical (unpaired) electrons. The predicted octanol–water partition coefficient (Wildman–Crippen LogP) is 4.56. The van der Waals surface area contributed by atoms with Crippen LogP contribution >= 0.6 is 0 Å². The Labute approximate surface area is 156 Å². The first kappa shape index (κ1) is 18.3. The fraction of sp³-hybridized carbons (Fsp3) is 0.409. The van der Waals surface area contributed by atoms with Crippen LogP contribution in [0.15, 0.2) is 54.6 Å². The first-order valence-corrected chi connectivity index (χ1v) is 9.75. The Morgan fingerprint density at radius 3 is 2.46 bits per heavy atom. The molecule has 0 saturated carbocycles. The molecule has 4 nitrogen and oxygen atoms in total. The average molecular weight is 353 g/mol. The van der Waals surface area contributed by atoms with Crippen LogP contribution in [0.3, 0.4) is 0 Å². The third-order valence-electron chi connectivity index (χ3n) is 4.83. The van der Waals surface area contributed by atoms with E-state index in [1.165, 1.54) is 43.1 Å². The molecule has 0 atom stereocenters. The molecule has 4 heteroatoms. The molecule has 1 aromatic heterocycles. The molecule has 2 aromatic carbocycles. The third-order valence-corrected chi connectivity index (χ3v) is 4.83. The lowest BCUT2D eigenvalue weighted by atomic mass is 10.1. The summed E-state index contributed by atoms with van der Waals surface area (Å²) < 4.78 is 10.3. The predicted molar refractivity (Wildman–Crippen MR) is 107 cm³/mol. The molecule has 3 aromatic rings. The number of benzene rings is 2. The van der Waals surface area contributed by atoms with Crippen LogP contribution in [0.5, 0.6) is 5.75 Å². The Balaban J connectivity index is 1.70. The fourth-order valence-electron chi connectivity index (χ4n) is 3.43. The van der Waals surface area contributed by atoms with Crippen molar-refractivity contribution in [2.45, 2.75) is 52.1 Å². The molecule has 0 amide bonds. The quantitative estimate of drug-likeness (QED) is 0.429. The second-order valence-electron chi connectivity index (χ2n) is 6.73. The summed E-state index contributed by atoms with van der Waals surface area (Å²) in [7, 11) is 0. The first-order chi connectivity index (χ1) is 12.8. The van der Waals surface area contributed by atoms with Crippen LogP contribution in [0, 0.1) is 0 Å². The number of para-hydroxylation sites is 3. The number of aromatic nitrogens is 2. The lowest BCUT2D eigenvalue weighted by Crippen LogP contribution is -2.36. The standard InChI is InChI=1S/C22H29N3O/c1-2-3-4-5-11-16-24-20-14-9-10-15-21(20)25(22(24)23)17-18-26-19-12-7-6-8-13-19/h6-10,12-15,23H,2-5,11,16-18H2,1H3/p+1. The number of aryl methyl sites for hydroxylation is 1. The molecule has 0 spiro atoms. The highest BCUT2D eigenvalue weighted by atomic mass is 16.5. The van der Waals surface area contributed by atoms with E-state index in [1.807, 2.05) is 30.3 Å². The SMILES string of the molecule is CCCCCCC[n+]1c(N)n(CCOc2ccccc2)c2ccccc21. The molecule has 3 rings (SSSR count). The molecule has 0 unspecified atom stereocenters. The second kappa shape index (κ2) is 9.27. The zero-order valence-corrected chi connectivity index (χ0v) is 15.7. The minimum Gasteiger partial charge on any atom is -0.490 e. The maximum absolute atomic E-state index is 6.51. The van der Waals surface area contributed by atoms with Gasteiger partial charge in [0.05, 0.1) is 6.54 Å². The topological polar surface area (TPSA) is 44.1 Å². The van der Waals surface area contributed by atoms with Crippen molar-refractivity contribution in [3.63, 3.8) is 0 Å². The van der Waals surface area contributed by atoms with E-state index in [2.05, 4.69) is 40.3 Å². The van der Waals surface area contributed by atoms with Crippen LogP contribution < -0.4 is 15.0 Å². The second-order valence-corrected chi connectivity index (χ2v) is 6.73. The van der Waals surface area contributed by atoms with Crippen molar-refractivity contribution in [1.82, 2.24) is 4.57 Å². The highest BCUT2D eigenvalue weighted by molar-refractivity contribution is 5.73.